The highest BCUT2D eigenvalue weighted by atomic mass is 28.3. The first kappa shape index (κ1) is 13.3. The molecule has 17 heavy (non-hydrogen) atoms. The summed E-state index contributed by atoms with van der Waals surface area (Å²) in [6.45, 7) is 15.3. The summed E-state index contributed by atoms with van der Waals surface area (Å²) >= 11 is 0. The van der Waals surface area contributed by atoms with Gasteiger partial charge in [0, 0.05) is 0 Å². The van der Waals surface area contributed by atoms with E-state index in [-0.39, 0.29) is 0 Å². The van der Waals surface area contributed by atoms with Crippen LogP contribution in [0.15, 0.2) is 22.5 Å². The average Bonchev–Trinajstić information content (AvgIpc) is 2.30. The maximum atomic E-state index is 2.56. The van der Waals surface area contributed by atoms with Gasteiger partial charge in [0.1, 0.15) is 0 Å². The zero-order valence-corrected chi connectivity index (χ0v) is 14.4. The van der Waals surface area contributed by atoms with Crippen LogP contribution in [0.25, 0.3) is 0 Å². The zero-order chi connectivity index (χ0) is 12.8. The lowest BCUT2D eigenvalue weighted by molar-refractivity contribution is 0.550. The van der Waals surface area contributed by atoms with Gasteiger partial charge in [-0.3, -0.25) is 0 Å². The standard InChI is InChI=1S/C15H28Si2/c1-16(2,3)14-12-9-7-8-10-13(11-12)15(14)17(4,5)6/h7,9,12-13H,8,10-11H2,1-6H3/t12-,13+/m0/s1. The van der Waals surface area contributed by atoms with Crippen molar-refractivity contribution in [2.75, 3.05) is 0 Å². The fourth-order valence-electron chi connectivity index (χ4n) is 3.93. The SMILES string of the molecule is C[Si](C)(C)C1=C([Si](C)(C)C)[C@H]2C=CCC[C@@H]1C2. The van der Waals surface area contributed by atoms with E-state index in [1.807, 2.05) is 10.4 Å². The zero-order valence-electron chi connectivity index (χ0n) is 12.4. The van der Waals surface area contributed by atoms with Crippen molar-refractivity contribution in [3.05, 3.63) is 22.5 Å². The predicted molar refractivity (Wildman–Crippen MR) is 83.7 cm³/mol. The summed E-state index contributed by atoms with van der Waals surface area (Å²) in [6.07, 6.45) is 9.16. The maximum absolute atomic E-state index is 2.56. The lowest BCUT2D eigenvalue weighted by Gasteiger charge is -2.32. The van der Waals surface area contributed by atoms with E-state index < -0.39 is 16.1 Å². The van der Waals surface area contributed by atoms with Crippen LogP contribution in [0.2, 0.25) is 39.3 Å². The number of allylic oxidation sites excluding steroid dienone is 4. The molecule has 0 saturated carbocycles. The molecule has 0 aliphatic heterocycles. The van der Waals surface area contributed by atoms with Crippen molar-refractivity contribution in [2.45, 2.75) is 58.5 Å². The third-order valence-corrected chi connectivity index (χ3v) is 9.07. The molecule has 0 fully saturated rings. The Hall–Kier alpha value is -0.0862. The molecule has 2 bridgehead atoms. The van der Waals surface area contributed by atoms with Crippen LogP contribution in [0.3, 0.4) is 0 Å². The third-order valence-electron chi connectivity index (χ3n) is 4.27. The van der Waals surface area contributed by atoms with Crippen molar-refractivity contribution in [3.63, 3.8) is 0 Å². The lowest BCUT2D eigenvalue weighted by Crippen LogP contribution is -2.35. The molecule has 2 heteroatoms. The number of rotatable bonds is 2. The minimum atomic E-state index is -1.14. The van der Waals surface area contributed by atoms with Gasteiger partial charge in [0.25, 0.3) is 0 Å². The second kappa shape index (κ2) is 4.23. The van der Waals surface area contributed by atoms with Crippen LogP contribution in [0, 0.1) is 11.8 Å². The summed E-state index contributed by atoms with van der Waals surface area (Å²) in [5.74, 6) is 1.75. The number of fused-ring (bicyclic) bond motifs is 2. The van der Waals surface area contributed by atoms with E-state index in [1.165, 1.54) is 19.3 Å². The van der Waals surface area contributed by atoms with Gasteiger partial charge in [0.2, 0.25) is 0 Å². The quantitative estimate of drug-likeness (QED) is 0.485. The Morgan fingerprint density at radius 3 is 2.06 bits per heavy atom. The third kappa shape index (κ3) is 2.53. The second-order valence-electron chi connectivity index (χ2n) is 7.87. The van der Waals surface area contributed by atoms with Crippen molar-refractivity contribution in [1.82, 2.24) is 0 Å². The molecule has 0 heterocycles. The maximum Gasteiger partial charge on any atom is 0.0726 e. The van der Waals surface area contributed by atoms with Gasteiger partial charge in [-0.15, -0.1) is 0 Å². The van der Waals surface area contributed by atoms with Gasteiger partial charge in [0.15, 0.2) is 0 Å². The van der Waals surface area contributed by atoms with E-state index in [2.05, 4.69) is 51.4 Å². The summed E-state index contributed by atoms with van der Waals surface area (Å²) in [5, 5.41) is 3.92. The molecule has 0 nitrogen and oxygen atoms in total. The van der Waals surface area contributed by atoms with Gasteiger partial charge in [-0.25, -0.2) is 0 Å². The summed E-state index contributed by atoms with van der Waals surface area (Å²) < 4.78 is 0. The van der Waals surface area contributed by atoms with E-state index in [9.17, 15) is 0 Å². The molecule has 0 aromatic rings. The fourth-order valence-corrected chi connectivity index (χ4v) is 11.0. The van der Waals surface area contributed by atoms with Gasteiger partial charge in [0.05, 0.1) is 16.1 Å². The largest absolute Gasteiger partial charge is 0.0879 e. The molecule has 0 aromatic carbocycles. The highest BCUT2D eigenvalue weighted by molar-refractivity contribution is 6.89. The number of hydrogen-bond donors (Lipinski definition) is 0. The summed E-state index contributed by atoms with van der Waals surface area (Å²) in [6, 6.07) is 0. The molecule has 0 saturated heterocycles. The molecule has 2 aliphatic rings. The molecule has 0 radical (unpaired) electrons. The molecule has 0 amide bonds. The van der Waals surface area contributed by atoms with E-state index in [0.29, 0.717) is 0 Å². The summed E-state index contributed by atoms with van der Waals surface area (Å²) in [5.41, 5.74) is 0. The van der Waals surface area contributed by atoms with E-state index >= 15 is 0 Å². The van der Waals surface area contributed by atoms with Gasteiger partial charge in [-0.05, 0) is 31.1 Å². The van der Waals surface area contributed by atoms with E-state index in [1.54, 1.807) is 0 Å². The number of hydrogen-bond acceptors (Lipinski definition) is 0. The molecule has 0 spiro atoms. The minimum absolute atomic E-state index is 0.816. The van der Waals surface area contributed by atoms with E-state index in [0.717, 1.165) is 11.8 Å². The van der Waals surface area contributed by atoms with Crippen LogP contribution in [-0.2, 0) is 0 Å². The highest BCUT2D eigenvalue weighted by Crippen LogP contribution is 2.48. The van der Waals surface area contributed by atoms with Crippen LogP contribution >= 0.6 is 0 Å². The normalized spacial score (nSPS) is 29.8. The lowest BCUT2D eigenvalue weighted by atomic mass is 10.0. The average molecular weight is 265 g/mol. The Morgan fingerprint density at radius 1 is 0.941 bits per heavy atom. The Bertz CT molecular complexity index is 363. The molecule has 96 valence electrons. The first-order valence-electron chi connectivity index (χ1n) is 7.13. The Kier molecular flexibility index (Phi) is 3.32. The van der Waals surface area contributed by atoms with Crippen LogP contribution < -0.4 is 0 Å². The molecular weight excluding hydrogens is 236 g/mol. The van der Waals surface area contributed by atoms with Gasteiger partial charge in [-0.1, -0.05) is 61.8 Å². The minimum Gasteiger partial charge on any atom is -0.0879 e. The monoisotopic (exact) mass is 264 g/mol. The molecular formula is C15H28Si2. The molecule has 0 N–H and O–H groups in total. The van der Waals surface area contributed by atoms with Crippen molar-refractivity contribution in [2.24, 2.45) is 11.8 Å². The molecule has 2 aliphatic carbocycles. The van der Waals surface area contributed by atoms with Gasteiger partial charge < -0.3 is 0 Å². The van der Waals surface area contributed by atoms with Crippen LogP contribution in [0.5, 0.6) is 0 Å². The first-order valence-corrected chi connectivity index (χ1v) is 14.1. The first-order chi connectivity index (χ1) is 7.71. The van der Waals surface area contributed by atoms with Crippen molar-refractivity contribution >= 4 is 16.1 Å². The van der Waals surface area contributed by atoms with Crippen LogP contribution in [0.1, 0.15) is 19.3 Å². The molecule has 0 unspecified atom stereocenters. The Morgan fingerprint density at radius 2 is 1.53 bits per heavy atom. The molecule has 2 rings (SSSR count). The van der Waals surface area contributed by atoms with E-state index in [4.69, 9.17) is 0 Å². The second-order valence-corrected chi connectivity index (χ2v) is 17.9. The Balaban J connectivity index is 2.55. The van der Waals surface area contributed by atoms with Gasteiger partial charge in [-0.2, -0.15) is 0 Å². The van der Waals surface area contributed by atoms with Crippen LogP contribution in [-0.4, -0.2) is 16.1 Å². The summed E-state index contributed by atoms with van der Waals surface area (Å²) in [4.78, 5) is 0. The predicted octanol–water partition coefficient (Wildman–Crippen LogP) is 5.02. The van der Waals surface area contributed by atoms with Crippen molar-refractivity contribution in [3.8, 4) is 0 Å². The Labute approximate surface area is 109 Å². The fraction of sp³-hybridized carbons (Fsp3) is 0.733. The van der Waals surface area contributed by atoms with Crippen molar-refractivity contribution < 1.29 is 0 Å². The smallest absolute Gasteiger partial charge is 0.0726 e. The van der Waals surface area contributed by atoms with Crippen molar-refractivity contribution in [1.29, 1.82) is 0 Å². The van der Waals surface area contributed by atoms with Gasteiger partial charge >= 0.3 is 0 Å². The molecule has 0 aromatic heterocycles. The molecule has 2 atom stereocenters. The highest BCUT2D eigenvalue weighted by Gasteiger charge is 2.43. The topological polar surface area (TPSA) is 0 Å². The van der Waals surface area contributed by atoms with Crippen LogP contribution in [0.4, 0.5) is 0 Å². The summed E-state index contributed by atoms with van der Waals surface area (Å²) in [7, 11) is -2.27.